The first-order valence-corrected chi connectivity index (χ1v) is 7.97. The SMILES string of the molecule is O=C(OC1C2C[C@@H]3C[C@H](C2)CC1(Cl)C3)c1ccccc1. The normalized spacial score (nSPS) is 41.6. The van der Waals surface area contributed by atoms with Crippen LogP contribution in [0.4, 0.5) is 0 Å². The molecule has 4 aliphatic rings. The van der Waals surface area contributed by atoms with Crippen LogP contribution in [-0.4, -0.2) is 16.9 Å². The first-order chi connectivity index (χ1) is 9.64. The van der Waals surface area contributed by atoms with Gasteiger partial charge in [0.1, 0.15) is 6.10 Å². The van der Waals surface area contributed by atoms with Crippen LogP contribution in [0.2, 0.25) is 0 Å². The Morgan fingerprint density at radius 3 is 2.35 bits per heavy atom. The molecule has 20 heavy (non-hydrogen) atoms. The summed E-state index contributed by atoms with van der Waals surface area (Å²) in [4.78, 5) is 12.0. The number of alkyl halides is 1. The van der Waals surface area contributed by atoms with Crippen LogP contribution in [0, 0.1) is 17.8 Å². The minimum atomic E-state index is -0.292. The molecular weight excluding hydrogens is 272 g/mol. The molecular formula is C17H19ClO2. The average Bonchev–Trinajstić information content (AvgIpc) is 2.42. The Morgan fingerprint density at radius 2 is 1.75 bits per heavy atom. The Balaban J connectivity index is 1.55. The summed E-state index contributed by atoms with van der Waals surface area (Å²) in [6.45, 7) is 0. The van der Waals surface area contributed by atoms with E-state index >= 15 is 0 Å². The summed E-state index contributed by atoms with van der Waals surface area (Å²) in [7, 11) is 0. The van der Waals surface area contributed by atoms with E-state index in [-0.39, 0.29) is 16.9 Å². The lowest BCUT2D eigenvalue weighted by Gasteiger charge is -2.57. The minimum absolute atomic E-state index is 0.0929. The summed E-state index contributed by atoms with van der Waals surface area (Å²) in [6.07, 6.45) is 5.67. The van der Waals surface area contributed by atoms with E-state index < -0.39 is 0 Å². The zero-order valence-corrected chi connectivity index (χ0v) is 12.2. The fourth-order valence-corrected chi connectivity index (χ4v) is 5.51. The van der Waals surface area contributed by atoms with Gasteiger partial charge in [-0.3, -0.25) is 0 Å². The number of carbonyl (C=O) groups is 1. The second kappa shape index (κ2) is 4.49. The molecule has 3 unspecified atom stereocenters. The van der Waals surface area contributed by atoms with Gasteiger partial charge in [-0.15, -0.1) is 11.6 Å². The third kappa shape index (κ3) is 1.96. The van der Waals surface area contributed by atoms with Gasteiger partial charge in [-0.2, -0.15) is 0 Å². The number of hydrogen-bond acceptors (Lipinski definition) is 2. The predicted octanol–water partition coefficient (Wildman–Crippen LogP) is 4.03. The highest BCUT2D eigenvalue weighted by Gasteiger charge is 2.58. The van der Waals surface area contributed by atoms with Gasteiger partial charge in [0, 0.05) is 0 Å². The van der Waals surface area contributed by atoms with E-state index in [1.165, 1.54) is 19.3 Å². The smallest absolute Gasteiger partial charge is 0.338 e. The van der Waals surface area contributed by atoms with Crippen LogP contribution in [0.3, 0.4) is 0 Å². The Morgan fingerprint density at radius 1 is 1.10 bits per heavy atom. The van der Waals surface area contributed by atoms with Crippen molar-refractivity contribution in [1.82, 2.24) is 0 Å². The molecule has 106 valence electrons. The van der Waals surface area contributed by atoms with Gasteiger partial charge in [-0.1, -0.05) is 18.2 Å². The molecule has 4 saturated carbocycles. The summed E-state index contributed by atoms with van der Waals surface area (Å²) in [5.74, 6) is 1.78. The van der Waals surface area contributed by atoms with E-state index in [1.54, 1.807) is 12.1 Å². The second-order valence-corrected chi connectivity index (χ2v) is 7.59. The Hall–Kier alpha value is -1.02. The van der Waals surface area contributed by atoms with Gasteiger partial charge >= 0.3 is 5.97 Å². The lowest BCUT2D eigenvalue weighted by molar-refractivity contribution is -0.0884. The molecule has 0 N–H and O–H groups in total. The van der Waals surface area contributed by atoms with Gasteiger partial charge in [-0.05, 0) is 62.0 Å². The van der Waals surface area contributed by atoms with Crippen LogP contribution in [0.1, 0.15) is 42.5 Å². The molecule has 1 aromatic carbocycles. The quantitative estimate of drug-likeness (QED) is 0.607. The summed E-state index contributed by atoms with van der Waals surface area (Å²) < 4.78 is 5.85. The van der Waals surface area contributed by atoms with Crippen molar-refractivity contribution in [2.24, 2.45) is 17.8 Å². The Labute approximate surface area is 124 Å². The van der Waals surface area contributed by atoms with Crippen molar-refractivity contribution >= 4 is 17.6 Å². The van der Waals surface area contributed by atoms with Crippen molar-refractivity contribution in [1.29, 1.82) is 0 Å². The van der Waals surface area contributed by atoms with Crippen molar-refractivity contribution in [3.05, 3.63) is 35.9 Å². The number of hydrogen-bond donors (Lipinski definition) is 0. The molecule has 1 aromatic rings. The predicted molar refractivity (Wildman–Crippen MR) is 77.8 cm³/mol. The molecule has 0 aliphatic heterocycles. The summed E-state index contributed by atoms with van der Waals surface area (Å²) in [5.41, 5.74) is 0.626. The maximum absolute atomic E-state index is 12.3. The maximum Gasteiger partial charge on any atom is 0.338 e. The molecule has 0 saturated heterocycles. The van der Waals surface area contributed by atoms with Crippen molar-refractivity contribution in [2.75, 3.05) is 0 Å². The molecule has 0 heterocycles. The van der Waals surface area contributed by atoms with E-state index in [1.807, 2.05) is 18.2 Å². The Bertz CT molecular complexity index is 513. The molecule has 0 amide bonds. The standard InChI is InChI=1S/C17H19ClO2/c18-17-9-11-6-12(10-17)8-14(7-11)15(17)20-16(19)13-4-2-1-3-5-13/h1-5,11-12,14-15H,6-10H2/t11-,12+,14?,15?,17?. The highest BCUT2D eigenvalue weighted by Crippen LogP contribution is 2.59. The average molecular weight is 291 g/mol. The Kier molecular flexibility index (Phi) is 2.85. The largest absolute Gasteiger partial charge is 0.457 e. The highest BCUT2D eigenvalue weighted by molar-refractivity contribution is 6.24. The van der Waals surface area contributed by atoms with Crippen molar-refractivity contribution < 1.29 is 9.53 Å². The van der Waals surface area contributed by atoms with E-state index in [4.69, 9.17) is 16.3 Å². The highest BCUT2D eigenvalue weighted by atomic mass is 35.5. The lowest BCUT2D eigenvalue weighted by Crippen LogP contribution is -2.58. The molecule has 4 fully saturated rings. The number of carbonyl (C=O) groups excluding carboxylic acids is 1. The second-order valence-electron chi connectivity index (χ2n) is 6.83. The van der Waals surface area contributed by atoms with Gasteiger partial charge in [-0.25, -0.2) is 4.79 Å². The maximum atomic E-state index is 12.3. The van der Waals surface area contributed by atoms with Gasteiger partial charge in [0.15, 0.2) is 0 Å². The summed E-state index contributed by atoms with van der Waals surface area (Å²) in [5, 5.41) is 0. The topological polar surface area (TPSA) is 26.3 Å². The van der Waals surface area contributed by atoms with Gasteiger partial charge < -0.3 is 4.74 Å². The molecule has 5 atom stereocenters. The number of esters is 1. The van der Waals surface area contributed by atoms with Crippen molar-refractivity contribution in [3.8, 4) is 0 Å². The first kappa shape index (κ1) is 12.7. The third-order valence-corrected chi connectivity index (χ3v) is 5.90. The molecule has 0 radical (unpaired) electrons. The van der Waals surface area contributed by atoms with Crippen LogP contribution >= 0.6 is 11.6 Å². The van der Waals surface area contributed by atoms with Crippen LogP contribution in [0.15, 0.2) is 30.3 Å². The molecule has 0 aromatic heterocycles. The zero-order chi connectivity index (χ0) is 13.7. The fourth-order valence-electron chi connectivity index (χ4n) is 4.85. The zero-order valence-electron chi connectivity index (χ0n) is 11.4. The summed E-state index contributed by atoms with van der Waals surface area (Å²) >= 11 is 6.85. The van der Waals surface area contributed by atoms with Crippen LogP contribution in [-0.2, 0) is 4.74 Å². The molecule has 4 bridgehead atoms. The van der Waals surface area contributed by atoms with Gasteiger partial charge in [0.05, 0.1) is 10.4 Å². The van der Waals surface area contributed by atoms with Crippen molar-refractivity contribution in [3.63, 3.8) is 0 Å². The summed E-state index contributed by atoms with van der Waals surface area (Å²) in [6, 6.07) is 9.25. The van der Waals surface area contributed by atoms with Gasteiger partial charge in [0.2, 0.25) is 0 Å². The van der Waals surface area contributed by atoms with Crippen molar-refractivity contribution in [2.45, 2.75) is 43.1 Å². The third-order valence-electron chi connectivity index (χ3n) is 5.38. The van der Waals surface area contributed by atoms with Crippen LogP contribution in [0.5, 0.6) is 0 Å². The number of ether oxygens (including phenoxy) is 1. The number of benzene rings is 1. The van der Waals surface area contributed by atoms with Gasteiger partial charge in [0.25, 0.3) is 0 Å². The number of halogens is 1. The van der Waals surface area contributed by atoms with E-state index in [0.717, 1.165) is 24.7 Å². The van der Waals surface area contributed by atoms with Crippen LogP contribution < -0.4 is 0 Å². The fraction of sp³-hybridized carbons (Fsp3) is 0.588. The lowest BCUT2D eigenvalue weighted by atomic mass is 9.54. The number of rotatable bonds is 2. The molecule has 3 heteroatoms. The van der Waals surface area contributed by atoms with Crippen LogP contribution in [0.25, 0.3) is 0 Å². The molecule has 2 nitrogen and oxygen atoms in total. The molecule has 5 rings (SSSR count). The van der Waals surface area contributed by atoms with E-state index in [9.17, 15) is 4.79 Å². The van der Waals surface area contributed by atoms with E-state index in [2.05, 4.69) is 0 Å². The monoisotopic (exact) mass is 290 g/mol. The van der Waals surface area contributed by atoms with E-state index in [0.29, 0.717) is 11.5 Å². The minimum Gasteiger partial charge on any atom is -0.457 e. The molecule has 4 aliphatic carbocycles. The first-order valence-electron chi connectivity index (χ1n) is 7.59. The molecule has 0 spiro atoms.